The van der Waals surface area contributed by atoms with E-state index in [1.165, 1.54) is 10.4 Å². The third-order valence-corrected chi connectivity index (χ3v) is 3.89. The van der Waals surface area contributed by atoms with Gasteiger partial charge in [0.05, 0.1) is 12.0 Å². The zero-order valence-electron chi connectivity index (χ0n) is 10.1. The zero-order valence-corrected chi connectivity index (χ0v) is 10.9. The molecule has 1 heterocycles. The highest BCUT2D eigenvalue weighted by atomic mass is 32.1. The second-order valence-electron chi connectivity index (χ2n) is 3.91. The van der Waals surface area contributed by atoms with Crippen LogP contribution in [0.15, 0.2) is 30.3 Å². The summed E-state index contributed by atoms with van der Waals surface area (Å²) < 4.78 is 5.07. The smallest absolute Gasteiger partial charge is 0.202 e. The lowest BCUT2D eigenvalue weighted by Gasteiger charge is -2.01. The van der Waals surface area contributed by atoms with Gasteiger partial charge in [-0.25, -0.2) is 0 Å². The van der Waals surface area contributed by atoms with E-state index in [0.717, 1.165) is 10.6 Å². The fourth-order valence-corrected chi connectivity index (χ4v) is 2.57. The Labute approximate surface area is 105 Å². The second kappa shape index (κ2) is 4.72. The Balaban J connectivity index is 2.30. The third-order valence-electron chi connectivity index (χ3n) is 2.74. The van der Waals surface area contributed by atoms with Crippen molar-refractivity contribution >= 4 is 17.1 Å². The monoisotopic (exact) mass is 246 g/mol. The minimum absolute atomic E-state index is 0.0776. The average Bonchev–Trinajstić information content (AvgIpc) is 2.69. The minimum atomic E-state index is 0.0776. The molecule has 2 nitrogen and oxygen atoms in total. The second-order valence-corrected chi connectivity index (χ2v) is 5.16. The van der Waals surface area contributed by atoms with Crippen LogP contribution in [0.3, 0.4) is 0 Å². The van der Waals surface area contributed by atoms with Crippen LogP contribution in [0.25, 0.3) is 0 Å². The first kappa shape index (κ1) is 11.9. The van der Waals surface area contributed by atoms with E-state index in [4.69, 9.17) is 4.74 Å². The first-order valence-corrected chi connectivity index (χ1v) is 6.19. The van der Waals surface area contributed by atoms with Gasteiger partial charge in [-0.3, -0.25) is 4.79 Å². The molecule has 0 aliphatic rings. The van der Waals surface area contributed by atoms with Crippen molar-refractivity contribution in [2.45, 2.75) is 13.8 Å². The topological polar surface area (TPSA) is 26.3 Å². The van der Waals surface area contributed by atoms with Crippen LogP contribution < -0.4 is 4.74 Å². The molecule has 0 aliphatic carbocycles. The first-order valence-electron chi connectivity index (χ1n) is 5.37. The summed E-state index contributed by atoms with van der Waals surface area (Å²) in [5.41, 5.74) is 1.87. The summed E-state index contributed by atoms with van der Waals surface area (Å²) in [5, 5.41) is 0. The molecule has 1 aromatic carbocycles. The van der Waals surface area contributed by atoms with E-state index in [0.29, 0.717) is 5.56 Å². The summed E-state index contributed by atoms with van der Waals surface area (Å²) in [6, 6.07) is 9.16. The van der Waals surface area contributed by atoms with Gasteiger partial charge in [0.15, 0.2) is 0 Å². The Bertz CT molecular complexity index is 518. The number of ether oxygens (including phenoxy) is 1. The summed E-state index contributed by atoms with van der Waals surface area (Å²) in [4.78, 5) is 14.2. The zero-order chi connectivity index (χ0) is 12.4. The molecule has 1 aromatic heterocycles. The summed E-state index contributed by atoms with van der Waals surface area (Å²) >= 11 is 1.55. The van der Waals surface area contributed by atoms with Gasteiger partial charge in [-0.15, -0.1) is 11.3 Å². The average molecular weight is 246 g/mol. The molecule has 2 rings (SSSR count). The van der Waals surface area contributed by atoms with Crippen LogP contribution in [-0.4, -0.2) is 12.9 Å². The van der Waals surface area contributed by atoms with Gasteiger partial charge in [-0.2, -0.15) is 0 Å². The Hall–Kier alpha value is -1.61. The van der Waals surface area contributed by atoms with Crippen molar-refractivity contribution in [1.29, 1.82) is 0 Å². The van der Waals surface area contributed by atoms with Crippen LogP contribution >= 0.6 is 11.3 Å². The fourth-order valence-electron chi connectivity index (χ4n) is 1.57. The number of carbonyl (C=O) groups is 1. The molecule has 0 fully saturated rings. The molecular formula is C14H14O2S. The molecule has 0 amide bonds. The fraction of sp³-hybridized carbons (Fsp3) is 0.214. The van der Waals surface area contributed by atoms with Gasteiger partial charge in [0.1, 0.15) is 5.75 Å². The number of hydrogen-bond acceptors (Lipinski definition) is 3. The van der Waals surface area contributed by atoms with Gasteiger partial charge >= 0.3 is 0 Å². The normalized spacial score (nSPS) is 10.3. The predicted molar refractivity (Wildman–Crippen MR) is 70.2 cm³/mol. The van der Waals surface area contributed by atoms with Gasteiger partial charge < -0.3 is 4.74 Å². The number of methoxy groups -OCH3 is 1. The van der Waals surface area contributed by atoms with Crippen molar-refractivity contribution in [2.75, 3.05) is 7.11 Å². The van der Waals surface area contributed by atoms with Crippen molar-refractivity contribution in [2.24, 2.45) is 0 Å². The largest absolute Gasteiger partial charge is 0.497 e. The van der Waals surface area contributed by atoms with E-state index >= 15 is 0 Å². The molecule has 0 N–H and O–H groups in total. The molecule has 0 spiro atoms. The van der Waals surface area contributed by atoms with Gasteiger partial charge in [0.2, 0.25) is 5.78 Å². The molecule has 88 valence electrons. The summed E-state index contributed by atoms with van der Waals surface area (Å²) in [6.07, 6.45) is 0. The van der Waals surface area contributed by atoms with E-state index in [1.807, 2.05) is 19.9 Å². The Morgan fingerprint density at radius 2 is 1.82 bits per heavy atom. The highest BCUT2D eigenvalue weighted by Crippen LogP contribution is 2.24. The number of rotatable bonds is 3. The number of benzene rings is 1. The van der Waals surface area contributed by atoms with Crippen LogP contribution in [0, 0.1) is 13.8 Å². The van der Waals surface area contributed by atoms with Crippen molar-refractivity contribution in [1.82, 2.24) is 0 Å². The summed E-state index contributed by atoms with van der Waals surface area (Å²) in [6.45, 7) is 4.06. The van der Waals surface area contributed by atoms with E-state index in [2.05, 4.69) is 0 Å². The van der Waals surface area contributed by atoms with Crippen LogP contribution in [0.5, 0.6) is 5.75 Å². The molecular weight excluding hydrogens is 232 g/mol. The van der Waals surface area contributed by atoms with Crippen molar-refractivity contribution in [3.05, 3.63) is 51.2 Å². The molecule has 0 saturated heterocycles. The standard InChI is InChI=1S/C14H14O2S/c1-9-8-13(17-10(9)2)14(15)11-4-6-12(16-3)7-5-11/h4-8H,1-3H3. The number of hydrogen-bond donors (Lipinski definition) is 0. The lowest BCUT2D eigenvalue weighted by atomic mass is 10.1. The Morgan fingerprint density at radius 3 is 2.29 bits per heavy atom. The van der Waals surface area contributed by atoms with Crippen molar-refractivity contribution < 1.29 is 9.53 Å². The number of thiophene rings is 1. The van der Waals surface area contributed by atoms with Crippen LogP contribution in [0.2, 0.25) is 0 Å². The third kappa shape index (κ3) is 2.39. The highest BCUT2D eigenvalue weighted by Gasteiger charge is 2.12. The van der Waals surface area contributed by atoms with E-state index in [1.54, 1.807) is 42.7 Å². The molecule has 3 heteroatoms. The van der Waals surface area contributed by atoms with Crippen LogP contribution in [0.4, 0.5) is 0 Å². The molecule has 0 unspecified atom stereocenters. The maximum absolute atomic E-state index is 12.2. The predicted octanol–water partition coefficient (Wildman–Crippen LogP) is 3.60. The Morgan fingerprint density at radius 1 is 1.18 bits per heavy atom. The van der Waals surface area contributed by atoms with E-state index < -0.39 is 0 Å². The number of aryl methyl sites for hydroxylation is 2. The van der Waals surface area contributed by atoms with Crippen LogP contribution in [0.1, 0.15) is 25.7 Å². The van der Waals surface area contributed by atoms with Crippen molar-refractivity contribution in [3.8, 4) is 5.75 Å². The van der Waals surface area contributed by atoms with Gasteiger partial charge in [0, 0.05) is 10.4 Å². The minimum Gasteiger partial charge on any atom is -0.497 e. The van der Waals surface area contributed by atoms with E-state index in [-0.39, 0.29) is 5.78 Å². The van der Waals surface area contributed by atoms with Gasteiger partial charge in [-0.05, 0) is 49.7 Å². The molecule has 0 radical (unpaired) electrons. The lowest BCUT2D eigenvalue weighted by Crippen LogP contribution is -1.98. The first-order chi connectivity index (χ1) is 8.11. The lowest BCUT2D eigenvalue weighted by molar-refractivity contribution is 0.104. The maximum Gasteiger partial charge on any atom is 0.202 e. The molecule has 0 aliphatic heterocycles. The van der Waals surface area contributed by atoms with Crippen molar-refractivity contribution in [3.63, 3.8) is 0 Å². The van der Waals surface area contributed by atoms with E-state index in [9.17, 15) is 4.79 Å². The van der Waals surface area contributed by atoms with Gasteiger partial charge in [0.25, 0.3) is 0 Å². The Kier molecular flexibility index (Phi) is 3.29. The SMILES string of the molecule is COc1ccc(C(=O)c2cc(C)c(C)s2)cc1. The molecule has 2 aromatic rings. The summed E-state index contributed by atoms with van der Waals surface area (Å²) in [5.74, 6) is 0.842. The maximum atomic E-state index is 12.2. The quantitative estimate of drug-likeness (QED) is 0.773. The highest BCUT2D eigenvalue weighted by molar-refractivity contribution is 7.14. The van der Waals surface area contributed by atoms with Gasteiger partial charge in [-0.1, -0.05) is 0 Å². The number of ketones is 1. The summed E-state index contributed by atoms with van der Waals surface area (Å²) in [7, 11) is 1.61. The molecule has 17 heavy (non-hydrogen) atoms. The molecule has 0 bridgehead atoms. The molecule has 0 saturated carbocycles. The molecule has 0 atom stereocenters. The van der Waals surface area contributed by atoms with Crippen LogP contribution in [-0.2, 0) is 0 Å². The number of carbonyl (C=O) groups excluding carboxylic acids is 1.